The first-order valence-electron chi connectivity index (χ1n) is 6.64. The Hall–Kier alpha value is -2.53. The maximum atomic E-state index is 5.69. The van der Waals surface area contributed by atoms with Gasteiger partial charge in [0, 0.05) is 6.54 Å². The fraction of sp³-hybridized carbons (Fsp3) is 0.188. The van der Waals surface area contributed by atoms with E-state index in [9.17, 15) is 0 Å². The number of oxazole rings is 1. The maximum Gasteiger partial charge on any atom is 0.233 e. The predicted molar refractivity (Wildman–Crippen MR) is 79.2 cm³/mol. The Bertz CT molecular complexity index is 752. The average molecular weight is 284 g/mol. The first-order chi connectivity index (χ1) is 10.3. The van der Waals surface area contributed by atoms with E-state index in [1.807, 2.05) is 42.5 Å². The molecule has 2 aromatic carbocycles. The summed E-state index contributed by atoms with van der Waals surface area (Å²) in [6, 6.07) is 13.2. The Balaban J connectivity index is 1.79. The van der Waals surface area contributed by atoms with Crippen molar-refractivity contribution in [1.82, 2.24) is 4.98 Å². The van der Waals surface area contributed by atoms with Gasteiger partial charge in [-0.05, 0) is 29.8 Å². The van der Waals surface area contributed by atoms with Crippen LogP contribution in [0.5, 0.6) is 11.5 Å². The summed E-state index contributed by atoms with van der Waals surface area (Å²) in [5, 5.41) is 0. The summed E-state index contributed by atoms with van der Waals surface area (Å²) in [6.45, 7) is 0.719. The molecular formula is C16H16N2O3. The number of rotatable bonds is 5. The van der Waals surface area contributed by atoms with Crippen LogP contribution in [0, 0.1) is 0 Å². The molecule has 5 heteroatoms. The molecule has 0 atom stereocenters. The van der Waals surface area contributed by atoms with Crippen molar-refractivity contribution >= 4 is 11.1 Å². The third-order valence-corrected chi connectivity index (χ3v) is 3.15. The summed E-state index contributed by atoms with van der Waals surface area (Å²) in [5.74, 6) is 1.86. The number of fused-ring (bicyclic) bond motifs is 1. The van der Waals surface area contributed by atoms with E-state index in [0.717, 1.165) is 16.7 Å². The lowest BCUT2D eigenvalue weighted by atomic mass is 10.2. The summed E-state index contributed by atoms with van der Waals surface area (Å²) in [6.07, 6.45) is 0. The molecule has 0 saturated carbocycles. The molecule has 0 amide bonds. The number of para-hydroxylation sites is 2. The van der Waals surface area contributed by atoms with Crippen molar-refractivity contribution in [2.75, 3.05) is 7.11 Å². The van der Waals surface area contributed by atoms with Crippen LogP contribution in [0.25, 0.3) is 11.1 Å². The molecule has 2 N–H and O–H groups in total. The van der Waals surface area contributed by atoms with E-state index in [1.54, 1.807) is 7.11 Å². The van der Waals surface area contributed by atoms with E-state index in [1.165, 1.54) is 0 Å². The number of ether oxygens (including phenoxy) is 2. The van der Waals surface area contributed by atoms with Gasteiger partial charge in [-0.1, -0.05) is 18.2 Å². The smallest absolute Gasteiger partial charge is 0.233 e. The Morgan fingerprint density at radius 1 is 1.14 bits per heavy atom. The Kier molecular flexibility index (Phi) is 3.75. The molecule has 1 heterocycles. The van der Waals surface area contributed by atoms with Crippen LogP contribution in [0.4, 0.5) is 0 Å². The highest BCUT2D eigenvalue weighted by Crippen LogP contribution is 2.27. The molecular weight excluding hydrogens is 268 g/mol. The molecule has 0 unspecified atom stereocenters. The molecule has 0 saturated heterocycles. The lowest BCUT2D eigenvalue weighted by Crippen LogP contribution is -1.97. The van der Waals surface area contributed by atoms with Gasteiger partial charge >= 0.3 is 0 Å². The molecule has 0 spiro atoms. The monoisotopic (exact) mass is 284 g/mol. The Morgan fingerprint density at radius 2 is 1.95 bits per heavy atom. The minimum atomic E-state index is 0.243. The zero-order valence-electron chi connectivity index (χ0n) is 11.7. The lowest BCUT2D eigenvalue weighted by molar-refractivity contribution is 0.253. The number of benzene rings is 2. The van der Waals surface area contributed by atoms with Crippen LogP contribution in [0.3, 0.4) is 0 Å². The minimum absolute atomic E-state index is 0.243. The number of hydrogen-bond acceptors (Lipinski definition) is 5. The van der Waals surface area contributed by atoms with Crippen LogP contribution in [0.2, 0.25) is 0 Å². The predicted octanol–water partition coefficient (Wildman–Crippen LogP) is 2.87. The number of methoxy groups -OCH3 is 1. The second kappa shape index (κ2) is 5.85. The second-order valence-corrected chi connectivity index (χ2v) is 4.55. The van der Waals surface area contributed by atoms with Gasteiger partial charge in [-0.15, -0.1) is 0 Å². The van der Waals surface area contributed by atoms with E-state index in [4.69, 9.17) is 19.6 Å². The van der Waals surface area contributed by atoms with Gasteiger partial charge in [0.25, 0.3) is 0 Å². The van der Waals surface area contributed by atoms with Gasteiger partial charge < -0.3 is 19.6 Å². The molecule has 0 aliphatic heterocycles. The summed E-state index contributed by atoms with van der Waals surface area (Å²) >= 11 is 0. The zero-order chi connectivity index (χ0) is 14.7. The second-order valence-electron chi connectivity index (χ2n) is 4.55. The van der Waals surface area contributed by atoms with Gasteiger partial charge in [0.2, 0.25) is 5.89 Å². The highest BCUT2D eigenvalue weighted by Gasteiger charge is 2.09. The van der Waals surface area contributed by atoms with Crippen LogP contribution >= 0.6 is 0 Å². The van der Waals surface area contributed by atoms with Crippen molar-refractivity contribution in [1.29, 1.82) is 0 Å². The molecule has 108 valence electrons. The first-order valence-corrected chi connectivity index (χ1v) is 6.64. The van der Waals surface area contributed by atoms with Gasteiger partial charge in [0.05, 0.1) is 7.11 Å². The summed E-state index contributed by atoms with van der Waals surface area (Å²) in [5.41, 5.74) is 8.14. The zero-order valence-corrected chi connectivity index (χ0v) is 11.7. The SMILES string of the molecule is COc1ccccc1OCc1nc2ccc(CN)cc2o1. The molecule has 3 aromatic rings. The molecule has 0 fully saturated rings. The van der Waals surface area contributed by atoms with E-state index in [0.29, 0.717) is 23.9 Å². The molecule has 0 bridgehead atoms. The maximum absolute atomic E-state index is 5.69. The topological polar surface area (TPSA) is 70.5 Å². The van der Waals surface area contributed by atoms with E-state index in [-0.39, 0.29) is 6.61 Å². The highest BCUT2D eigenvalue weighted by atomic mass is 16.5. The van der Waals surface area contributed by atoms with Crippen molar-refractivity contribution < 1.29 is 13.9 Å². The summed E-state index contributed by atoms with van der Waals surface area (Å²) < 4.78 is 16.6. The number of hydrogen-bond donors (Lipinski definition) is 1. The van der Waals surface area contributed by atoms with Crippen molar-refractivity contribution in [3.63, 3.8) is 0 Å². The van der Waals surface area contributed by atoms with Gasteiger partial charge in [0.1, 0.15) is 5.52 Å². The molecule has 0 aliphatic carbocycles. The fourth-order valence-corrected chi connectivity index (χ4v) is 2.08. The van der Waals surface area contributed by atoms with Crippen molar-refractivity contribution in [3.8, 4) is 11.5 Å². The minimum Gasteiger partial charge on any atom is -0.493 e. The average Bonchev–Trinajstić information content (AvgIpc) is 2.94. The van der Waals surface area contributed by atoms with E-state index in [2.05, 4.69) is 4.98 Å². The third kappa shape index (κ3) is 2.83. The highest BCUT2D eigenvalue weighted by molar-refractivity contribution is 5.73. The Labute approximate surface area is 122 Å². The van der Waals surface area contributed by atoms with Crippen LogP contribution in [-0.2, 0) is 13.2 Å². The van der Waals surface area contributed by atoms with Gasteiger partial charge in [-0.2, -0.15) is 0 Å². The normalized spacial score (nSPS) is 10.8. The quantitative estimate of drug-likeness (QED) is 0.780. The third-order valence-electron chi connectivity index (χ3n) is 3.15. The number of nitrogens with zero attached hydrogens (tertiary/aromatic N) is 1. The molecule has 0 radical (unpaired) electrons. The van der Waals surface area contributed by atoms with E-state index >= 15 is 0 Å². The molecule has 0 aliphatic rings. The van der Waals surface area contributed by atoms with Crippen molar-refractivity contribution in [2.45, 2.75) is 13.2 Å². The van der Waals surface area contributed by atoms with Crippen LogP contribution in [0.15, 0.2) is 46.9 Å². The largest absolute Gasteiger partial charge is 0.493 e. The fourth-order valence-electron chi connectivity index (χ4n) is 2.08. The first kappa shape index (κ1) is 13.5. The molecule has 3 rings (SSSR count). The van der Waals surface area contributed by atoms with Crippen LogP contribution in [-0.4, -0.2) is 12.1 Å². The number of aromatic nitrogens is 1. The molecule has 5 nitrogen and oxygen atoms in total. The van der Waals surface area contributed by atoms with Gasteiger partial charge in [0.15, 0.2) is 23.7 Å². The van der Waals surface area contributed by atoms with E-state index < -0.39 is 0 Å². The van der Waals surface area contributed by atoms with Crippen LogP contribution in [0.1, 0.15) is 11.5 Å². The molecule has 1 aromatic heterocycles. The number of nitrogens with two attached hydrogens (primary N) is 1. The lowest BCUT2D eigenvalue weighted by Gasteiger charge is -2.08. The Morgan fingerprint density at radius 3 is 2.71 bits per heavy atom. The summed E-state index contributed by atoms with van der Waals surface area (Å²) in [7, 11) is 1.61. The van der Waals surface area contributed by atoms with Gasteiger partial charge in [-0.25, -0.2) is 4.98 Å². The van der Waals surface area contributed by atoms with Crippen LogP contribution < -0.4 is 15.2 Å². The van der Waals surface area contributed by atoms with Crippen molar-refractivity contribution in [3.05, 3.63) is 53.9 Å². The van der Waals surface area contributed by atoms with Crippen molar-refractivity contribution in [2.24, 2.45) is 5.73 Å². The standard InChI is InChI=1S/C16H16N2O3/c1-19-13-4-2-3-5-14(13)20-10-16-18-12-7-6-11(9-17)8-15(12)21-16/h2-8H,9-10,17H2,1H3. The summed E-state index contributed by atoms with van der Waals surface area (Å²) in [4.78, 5) is 4.39. The van der Waals surface area contributed by atoms with Gasteiger partial charge in [-0.3, -0.25) is 0 Å². The molecule has 21 heavy (non-hydrogen) atoms.